The lowest BCUT2D eigenvalue weighted by atomic mass is 10.0. The Morgan fingerprint density at radius 1 is 1.38 bits per heavy atom. The minimum Gasteiger partial charge on any atom is -0.330 e. The van der Waals surface area contributed by atoms with E-state index in [0.717, 1.165) is 10.6 Å². The van der Waals surface area contributed by atoms with Crippen molar-refractivity contribution < 1.29 is 0 Å². The Hall–Kier alpha value is -0.830. The van der Waals surface area contributed by atoms with Gasteiger partial charge in [-0.25, -0.2) is 0 Å². The van der Waals surface area contributed by atoms with Crippen LogP contribution in [0.5, 0.6) is 0 Å². The molecule has 1 aromatic heterocycles. The lowest BCUT2D eigenvalue weighted by Crippen LogP contribution is -2.07. The predicted molar refractivity (Wildman–Crippen MR) is 72.2 cm³/mol. The smallest absolute Gasteiger partial charge is 0.0492 e. The van der Waals surface area contributed by atoms with Gasteiger partial charge in [0.15, 0.2) is 0 Å². The fourth-order valence-corrected chi connectivity index (χ4v) is 2.91. The van der Waals surface area contributed by atoms with Gasteiger partial charge in [0, 0.05) is 15.5 Å². The fraction of sp³-hybridized carbons (Fsp3) is 0.231. The molecule has 16 heavy (non-hydrogen) atoms. The lowest BCUT2D eigenvalue weighted by molar-refractivity contribution is 0.778. The summed E-state index contributed by atoms with van der Waals surface area (Å²) in [5.74, 6) is 0.410. The third-order valence-corrected chi connectivity index (χ3v) is 3.99. The molecule has 84 valence electrons. The first-order valence-electron chi connectivity index (χ1n) is 5.25. The highest BCUT2D eigenvalue weighted by molar-refractivity contribution is 7.13. The summed E-state index contributed by atoms with van der Waals surface area (Å²) in [5.41, 5.74) is 8.06. The Morgan fingerprint density at radius 3 is 2.81 bits per heavy atom. The van der Waals surface area contributed by atoms with Crippen LogP contribution < -0.4 is 5.73 Å². The van der Waals surface area contributed by atoms with E-state index >= 15 is 0 Å². The van der Waals surface area contributed by atoms with E-state index in [2.05, 4.69) is 18.4 Å². The molecule has 0 aliphatic carbocycles. The van der Waals surface area contributed by atoms with Gasteiger partial charge >= 0.3 is 0 Å². The molecule has 0 bridgehead atoms. The summed E-state index contributed by atoms with van der Waals surface area (Å²) in [4.78, 5) is 1.21. The molecule has 3 heteroatoms. The molecule has 1 heterocycles. The summed E-state index contributed by atoms with van der Waals surface area (Å²) < 4.78 is 0. The summed E-state index contributed by atoms with van der Waals surface area (Å²) in [7, 11) is 0. The number of hydrogen-bond donors (Lipinski definition) is 1. The van der Waals surface area contributed by atoms with Crippen LogP contribution in [0, 0.1) is 0 Å². The minimum atomic E-state index is 0.410. The first-order chi connectivity index (χ1) is 7.72. The monoisotopic (exact) mass is 251 g/mol. The molecule has 2 N–H and O–H groups in total. The maximum atomic E-state index is 6.16. The van der Waals surface area contributed by atoms with Crippen LogP contribution in [0.3, 0.4) is 0 Å². The lowest BCUT2D eigenvalue weighted by Gasteiger charge is -2.04. The Labute approximate surface area is 105 Å². The molecule has 2 rings (SSSR count). The molecule has 0 fully saturated rings. The van der Waals surface area contributed by atoms with E-state index in [1.165, 1.54) is 10.4 Å². The topological polar surface area (TPSA) is 26.0 Å². The fourth-order valence-electron chi connectivity index (χ4n) is 1.55. The maximum Gasteiger partial charge on any atom is 0.0492 e. The Morgan fingerprint density at radius 2 is 2.12 bits per heavy atom. The zero-order valence-electron chi connectivity index (χ0n) is 9.11. The van der Waals surface area contributed by atoms with Gasteiger partial charge in [-0.1, -0.05) is 36.7 Å². The number of hydrogen-bond acceptors (Lipinski definition) is 2. The van der Waals surface area contributed by atoms with Crippen molar-refractivity contribution >= 4 is 22.9 Å². The van der Waals surface area contributed by atoms with Crippen molar-refractivity contribution in [3.05, 3.63) is 46.3 Å². The Kier molecular flexibility index (Phi) is 3.64. The third kappa shape index (κ3) is 2.29. The van der Waals surface area contributed by atoms with E-state index in [0.29, 0.717) is 12.5 Å². The largest absolute Gasteiger partial charge is 0.330 e. The van der Waals surface area contributed by atoms with E-state index in [9.17, 15) is 0 Å². The van der Waals surface area contributed by atoms with Crippen molar-refractivity contribution in [2.45, 2.75) is 12.8 Å². The zero-order chi connectivity index (χ0) is 11.5. The standard InChI is InChI=1S/C13H14ClNS/c1-9(7-15)10-6-13(16-8-10)11-4-2-3-5-12(11)14/h2-6,8-9H,7,15H2,1H3. The van der Waals surface area contributed by atoms with Gasteiger partial charge in [-0.05, 0) is 35.5 Å². The average Bonchev–Trinajstić information content (AvgIpc) is 2.78. The first kappa shape index (κ1) is 11.6. The summed E-state index contributed by atoms with van der Waals surface area (Å²) in [6.45, 7) is 2.82. The highest BCUT2D eigenvalue weighted by Gasteiger charge is 2.09. The van der Waals surface area contributed by atoms with Crippen molar-refractivity contribution in [2.75, 3.05) is 6.54 Å². The van der Waals surface area contributed by atoms with Crippen molar-refractivity contribution in [1.82, 2.24) is 0 Å². The van der Waals surface area contributed by atoms with E-state index in [-0.39, 0.29) is 0 Å². The molecule has 1 aromatic carbocycles. The van der Waals surface area contributed by atoms with Crippen LogP contribution in [0.25, 0.3) is 10.4 Å². The summed E-state index contributed by atoms with van der Waals surface area (Å²) in [5, 5.41) is 2.97. The molecule has 0 amide bonds. The highest BCUT2D eigenvalue weighted by atomic mass is 35.5. The molecule has 0 aliphatic rings. The van der Waals surface area contributed by atoms with Gasteiger partial charge in [0.05, 0.1) is 0 Å². The molecule has 1 atom stereocenters. The molecule has 0 saturated heterocycles. The van der Waals surface area contributed by atoms with Gasteiger partial charge in [-0.3, -0.25) is 0 Å². The Balaban J connectivity index is 2.35. The van der Waals surface area contributed by atoms with Crippen molar-refractivity contribution in [3.63, 3.8) is 0 Å². The Bertz CT molecular complexity index is 478. The predicted octanol–water partition coefficient (Wildman–Crippen LogP) is 4.13. The van der Waals surface area contributed by atoms with Crippen LogP contribution in [0.2, 0.25) is 5.02 Å². The minimum absolute atomic E-state index is 0.410. The average molecular weight is 252 g/mol. The molecular weight excluding hydrogens is 238 g/mol. The molecule has 0 spiro atoms. The molecule has 0 aliphatic heterocycles. The van der Waals surface area contributed by atoms with Gasteiger partial charge < -0.3 is 5.73 Å². The second-order valence-electron chi connectivity index (χ2n) is 3.86. The normalized spacial score (nSPS) is 12.7. The van der Waals surface area contributed by atoms with Crippen molar-refractivity contribution in [1.29, 1.82) is 0 Å². The molecule has 1 nitrogen and oxygen atoms in total. The number of nitrogens with two attached hydrogens (primary N) is 1. The highest BCUT2D eigenvalue weighted by Crippen LogP contribution is 2.34. The molecule has 0 saturated carbocycles. The number of rotatable bonds is 3. The molecular formula is C13H14ClNS. The van der Waals surface area contributed by atoms with E-state index in [1.807, 2.05) is 24.3 Å². The van der Waals surface area contributed by atoms with Crippen LogP contribution in [-0.4, -0.2) is 6.54 Å². The summed E-state index contributed by atoms with van der Waals surface area (Å²) in [6.07, 6.45) is 0. The number of benzene rings is 1. The first-order valence-corrected chi connectivity index (χ1v) is 6.51. The zero-order valence-corrected chi connectivity index (χ0v) is 10.7. The van der Waals surface area contributed by atoms with Gasteiger partial charge in [0.25, 0.3) is 0 Å². The van der Waals surface area contributed by atoms with Gasteiger partial charge in [-0.15, -0.1) is 11.3 Å². The van der Waals surface area contributed by atoms with Gasteiger partial charge in [-0.2, -0.15) is 0 Å². The molecule has 2 aromatic rings. The van der Waals surface area contributed by atoms with Gasteiger partial charge in [0.1, 0.15) is 0 Å². The van der Waals surface area contributed by atoms with Gasteiger partial charge in [0.2, 0.25) is 0 Å². The van der Waals surface area contributed by atoms with Crippen LogP contribution >= 0.6 is 22.9 Å². The van der Waals surface area contributed by atoms with Crippen LogP contribution in [0.15, 0.2) is 35.7 Å². The van der Waals surface area contributed by atoms with Crippen LogP contribution in [-0.2, 0) is 0 Å². The number of thiophene rings is 1. The van der Waals surface area contributed by atoms with Crippen molar-refractivity contribution in [2.24, 2.45) is 5.73 Å². The van der Waals surface area contributed by atoms with E-state index in [4.69, 9.17) is 17.3 Å². The second-order valence-corrected chi connectivity index (χ2v) is 5.18. The maximum absolute atomic E-state index is 6.16. The second kappa shape index (κ2) is 5.00. The quantitative estimate of drug-likeness (QED) is 0.872. The SMILES string of the molecule is CC(CN)c1csc(-c2ccccc2Cl)c1. The summed E-state index contributed by atoms with van der Waals surface area (Å²) in [6, 6.07) is 10.1. The molecule has 0 radical (unpaired) electrons. The van der Waals surface area contributed by atoms with E-state index < -0.39 is 0 Å². The molecule has 1 unspecified atom stereocenters. The van der Waals surface area contributed by atoms with Crippen LogP contribution in [0.1, 0.15) is 18.4 Å². The summed E-state index contributed by atoms with van der Waals surface area (Å²) >= 11 is 7.88. The third-order valence-electron chi connectivity index (χ3n) is 2.68. The van der Waals surface area contributed by atoms with Crippen LogP contribution in [0.4, 0.5) is 0 Å². The number of halogens is 1. The van der Waals surface area contributed by atoms with Crippen molar-refractivity contribution in [3.8, 4) is 10.4 Å². The van der Waals surface area contributed by atoms with E-state index in [1.54, 1.807) is 11.3 Å².